The number of hydrogen-bond acceptors (Lipinski definition) is 3. The van der Waals surface area contributed by atoms with Crippen molar-refractivity contribution in [3.05, 3.63) is 90.1 Å². The van der Waals surface area contributed by atoms with Gasteiger partial charge in [0.05, 0.1) is 5.52 Å². The van der Waals surface area contributed by atoms with Crippen LogP contribution in [0.3, 0.4) is 0 Å². The molecule has 0 bridgehead atoms. The van der Waals surface area contributed by atoms with Crippen LogP contribution in [0.4, 0.5) is 8.78 Å². The highest BCUT2D eigenvalue weighted by Gasteiger charge is 2.11. The molecule has 28 heavy (non-hydrogen) atoms. The SMILES string of the molecule is Cc1cc2nc(C(F)F)ccc2cc1Oc1ccc(Oc2ccccc2)cc1. The fraction of sp³-hybridized carbons (Fsp3) is 0.0870. The number of benzene rings is 3. The zero-order chi connectivity index (χ0) is 19.5. The van der Waals surface area contributed by atoms with Crippen molar-refractivity contribution in [1.82, 2.24) is 4.98 Å². The molecule has 140 valence electrons. The molecule has 0 aliphatic heterocycles. The summed E-state index contributed by atoms with van der Waals surface area (Å²) in [7, 11) is 0. The van der Waals surface area contributed by atoms with Gasteiger partial charge in [0.25, 0.3) is 6.43 Å². The third-order valence-corrected chi connectivity index (χ3v) is 4.26. The van der Waals surface area contributed by atoms with Crippen LogP contribution < -0.4 is 9.47 Å². The number of rotatable bonds is 5. The lowest BCUT2D eigenvalue weighted by Gasteiger charge is -2.11. The minimum Gasteiger partial charge on any atom is -0.457 e. The Morgan fingerprint density at radius 3 is 2.07 bits per heavy atom. The van der Waals surface area contributed by atoms with Crippen LogP contribution in [0.5, 0.6) is 23.0 Å². The Morgan fingerprint density at radius 2 is 1.39 bits per heavy atom. The van der Waals surface area contributed by atoms with Gasteiger partial charge in [-0.15, -0.1) is 0 Å². The summed E-state index contributed by atoms with van der Waals surface area (Å²) in [6.07, 6.45) is -2.59. The minimum absolute atomic E-state index is 0.227. The third kappa shape index (κ3) is 3.93. The molecular weight excluding hydrogens is 360 g/mol. The standard InChI is InChI=1S/C23H17F2NO2/c1-15-13-21-16(7-12-20(26-21)23(24)25)14-22(15)28-19-10-8-18(9-11-19)27-17-5-3-2-4-6-17/h2-14,23H,1H3. The maximum absolute atomic E-state index is 12.8. The number of fused-ring (bicyclic) bond motifs is 1. The first-order valence-corrected chi connectivity index (χ1v) is 8.79. The van der Waals surface area contributed by atoms with Gasteiger partial charge in [0.1, 0.15) is 28.7 Å². The maximum atomic E-state index is 12.8. The number of halogens is 2. The van der Waals surface area contributed by atoms with Gasteiger partial charge < -0.3 is 9.47 Å². The van der Waals surface area contributed by atoms with E-state index in [-0.39, 0.29) is 5.69 Å². The first-order chi connectivity index (χ1) is 13.6. The van der Waals surface area contributed by atoms with E-state index in [1.165, 1.54) is 6.07 Å². The highest BCUT2D eigenvalue weighted by molar-refractivity contribution is 5.81. The number of nitrogens with zero attached hydrogens (tertiary/aromatic N) is 1. The number of ether oxygens (including phenoxy) is 2. The Labute approximate surface area is 161 Å². The van der Waals surface area contributed by atoms with E-state index in [2.05, 4.69) is 4.98 Å². The van der Waals surface area contributed by atoms with Gasteiger partial charge in [0.2, 0.25) is 0 Å². The molecule has 0 spiro atoms. The molecule has 5 heteroatoms. The molecular formula is C23H17F2NO2. The van der Waals surface area contributed by atoms with E-state index in [1.807, 2.05) is 61.5 Å². The van der Waals surface area contributed by atoms with Crippen molar-refractivity contribution in [2.75, 3.05) is 0 Å². The summed E-state index contributed by atoms with van der Waals surface area (Å²) in [4.78, 5) is 4.01. The lowest BCUT2D eigenvalue weighted by molar-refractivity contribution is 0.146. The number of aromatic nitrogens is 1. The van der Waals surface area contributed by atoms with Crippen molar-refractivity contribution in [3.8, 4) is 23.0 Å². The van der Waals surface area contributed by atoms with Crippen molar-refractivity contribution in [2.45, 2.75) is 13.3 Å². The summed E-state index contributed by atoms with van der Waals surface area (Å²) in [6, 6.07) is 23.3. The predicted molar refractivity (Wildman–Crippen MR) is 104 cm³/mol. The molecule has 0 atom stereocenters. The molecule has 3 aromatic carbocycles. The first-order valence-electron chi connectivity index (χ1n) is 8.79. The van der Waals surface area contributed by atoms with Crippen molar-refractivity contribution < 1.29 is 18.3 Å². The number of alkyl halides is 2. The molecule has 0 aliphatic carbocycles. The highest BCUT2D eigenvalue weighted by atomic mass is 19.3. The molecule has 1 aromatic heterocycles. The number of hydrogen-bond donors (Lipinski definition) is 0. The molecule has 1 heterocycles. The van der Waals surface area contributed by atoms with Crippen LogP contribution in [0.25, 0.3) is 10.9 Å². The molecule has 0 N–H and O–H groups in total. The second-order valence-corrected chi connectivity index (χ2v) is 6.34. The molecule has 4 rings (SSSR count). The van der Waals surface area contributed by atoms with E-state index < -0.39 is 6.43 Å². The quantitative estimate of drug-likeness (QED) is 0.373. The summed E-state index contributed by atoms with van der Waals surface area (Å²) in [5.41, 5.74) is 1.11. The van der Waals surface area contributed by atoms with Crippen LogP contribution in [0, 0.1) is 6.92 Å². The second kappa shape index (κ2) is 7.64. The van der Waals surface area contributed by atoms with E-state index in [4.69, 9.17) is 9.47 Å². The number of pyridine rings is 1. The summed E-state index contributed by atoms with van der Waals surface area (Å²) in [5, 5.41) is 0.744. The summed E-state index contributed by atoms with van der Waals surface area (Å²) < 4.78 is 37.4. The lowest BCUT2D eigenvalue weighted by atomic mass is 10.1. The summed E-state index contributed by atoms with van der Waals surface area (Å²) in [6.45, 7) is 1.86. The minimum atomic E-state index is -2.59. The van der Waals surface area contributed by atoms with Gasteiger partial charge >= 0.3 is 0 Å². The Hall–Kier alpha value is -3.47. The molecule has 0 aliphatic rings. The molecule has 3 nitrogen and oxygen atoms in total. The van der Waals surface area contributed by atoms with Crippen molar-refractivity contribution >= 4 is 10.9 Å². The molecule has 0 saturated carbocycles. The van der Waals surface area contributed by atoms with Crippen LogP contribution in [0.2, 0.25) is 0 Å². The van der Waals surface area contributed by atoms with Crippen molar-refractivity contribution in [1.29, 1.82) is 0 Å². The van der Waals surface area contributed by atoms with E-state index in [1.54, 1.807) is 18.2 Å². The topological polar surface area (TPSA) is 31.4 Å². The van der Waals surface area contributed by atoms with Gasteiger partial charge in [-0.1, -0.05) is 24.3 Å². The zero-order valence-electron chi connectivity index (χ0n) is 15.1. The molecule has 0 unspecified atom stereocenters. The Balaban J connectivity index is 1.54. The van der Waals surface area contributed by atoms with Gasteiger partial charge in [0, 0.05) is 5.39 Å². The van der Waals surface area contributed by atoms with Gasteiger partial charge in [-0.25, -0.2) is 13.8 Å². The molecule has 0 saturated heterocycles. The number of para-hydroxylation sites is 1. The Bertz CT molecular complexity index is 1100. The first kappa shape index (κ1) is 17.9. The van der Waals surface area contributed by atoms with Crippen LogP contribution in [0.15, 0.2) is 78.9 Å². The van der Waals surface area contributed by atoms with Gasteiger partial charge in [-0.2, -0.15) is 0 Å². The summed E-state index contributed by atoms with van der Waals surface area (Å²) >= 11 is 0. The fourth-order valence-electron chi connectivity index (χ4n) is 2.83. The maximum Gasteiger partial charge on any atom is 0.280 e. The third-order valence-electron chi connectivity index (χ3n) is 4.26. The zero-order valence-corrected chi connectivity index (χ0v) is 15.1. The van der Waals surface area contributed by atoms with E-state index >= 15 is 0 Å². The van der Waals surface area contributed by atoms with E-state index in [0.717, 1.165) is 16.7 Å². The van der Waals surface area contributed by atoms with E-state index in [9.17, 15) is 8.78 Å². The largest absolute Gasteiger partial charge is 0.457 e. The van der Waals surface area contributed by atoms with Crippen molar-refractivity contribution in [3.63, 3.8) is 0 Å². The molecule has 0 fully saturated rings. The van der Waals surface area contributed by atoms with E-state index in [0.29, 0.717) is 22.8 Å². The normalized spacial score (nSPS) is 11.0. The smallest absolute Gasteiger partial charge is 0.280 e. The Morgan fingerprint density at radius 1 is 0.750 bits per heavy atom. The van der Waals surface area contributed by atoms with Gasteiger partial charge in [0.15, 0.2) is 0 Å². The predicted octanol–water partition coefficient (Wildman–Crippen LogP) is 7.07. The fourth-order valence-corrected chi connectivity index (χ4v) is 2.83. The highest BCUT2D eigenvalue weighted by Crippen LogP contribution is 2.31. The molecule has 0 amide bonds. The van der Waals surface area contributed by atoms with Crippen LogP contribution >= 0.6 is 0 Å². The monoisotopic (exact) mass is 377 g/mol. The van der Waals surface area contributed by atoms with Crippen LogP contribution in [-0.2, 0) is 0 Å². The van der Waals surface area contributed by atoms with Gasteiger partial charge in [-0.05, 0) is 67.1 Å². The number of aryl methyl sites for hydroxylation is 1. The average Bonchev–Trinajstić information content (AvgIpc) is 2.70. The second-order valence-electron chi connectivity index (χ2n) is 6.34. The average molecular weight is 377 g/mol. The summed E-state index contributed by atoms with van der Waals surface area (Å²) in [5.74, 6) is 2.77. The molecule has 4 aromatic rings. The van der Waals surface area contributed by atoms with Crippen LogP contribution in [0.1, 0.15) is 17.7 Å². The van der Waals surface area contributed by atoms with Gasteiger partial charge in [-0.3, -0.25) is 0 Å². The van der Waals surface area contributed by atoms with Crippen LogP contribution in [-0.4, -0.2) is 4.98 Å². The van der Waals surface area contributed by atoms with Crippen molar-refractivity contribution in [2.24, 2.45) is 0 Å². The molecule has 0 radical (unpaired) electrons. The Kier molecular flexibility index (Phi) is 4.89. The lowest BCUT2D eigenvalue weighted by Crippen LogP contribution is -1.93.